The van der Waals surface area contributed by atoms with Gasteiger partial charge in [0.2, 0.25) is 5.95 Å². The Bertz CT molecular complexity index is 1240. The molecule has 0 radical (unpaired) electrons. The van der Waals surface area contributed by atoms with Crippen LogP contribution in [0.15, 0.2) is 36.0 Å². The van der Waals surface area contributed by atoms with Gasteiger partial charge < -0.3 is 20.6 Å². The molecule has 0 saturated carbocycles. The molecule has 1 aromatic carbocycles. The predicted molar refractivity (Wildman–Crippen MR) is 127 cm³/mol. The second kappa shape index (κ2) is 7.71. The Morgan fingerprint density at radius 1 is 1.31 bits per heavy atom. The quantitative estimate of drug-likeness (QED) is 0.560. The highest BCUT2D eigenvalue weighted by Crippen LogP contribution is 2.49. The summed E-state index contributed by atoms with van der Waals surface area (Å²) in [5, 5.41) is 13.6. The number of nitrogens with zero attached hydrogens (tertiary/aromatic N) is 5. The molecule has 2 aliphatic heterocycles. The van der Waals surface area contributed by atoms with Gasteiger partial charge in [-0.1, -0.05) is 29.5 Å². The first-order valence-corrected chi connectivity index (χ1v) is 11.6. The Balaban J connectivity index is 1.58. The summed E-state index contributed by atoms with van der Waals surface area (Å²) in [6.45, 7) is 4.41. The van der Waals surface area contributed by atoms with E-state index in [0.717, 1.165) is 37.3 Å². The maximum atomic E-state index is 10.7. The number of likely N-dealkylation sites (N-methyl/N-ethyl adjacent to an activating group) is 1. The molecule has 1 fully saturated rings. The highest BCUT2D eigenvalue weighted by molar-refractivity contribution is 7.09. The van der Waals surface area contributed by atoms with Crippen LogP contribution >= 0.6 is 22.9 Å². The Morgan fingerprint density at radius 2 is 2.16 bits per heavy atom. The van der Waals surface area contributed by atoms with Crippen molar-refractivity contribution in [3.8, 4) is 11.8 Å². The van der Waals surface area contributed by atoms with Crippen LogP contribution < -0.4 is 10.6 Å². The lowest BCUT2D eigenvalue weighted by Crippen LogP contribution is -2.34. The van der Waals surface area contributed by atoms with Crippen LogP contribution in [0.4, 0.5) is 17.5 Å². The number of anilines is 3. The summed E-state index contributed by atoms with van der Waals surface area (Å²) in [4.78, 5) is 17.1. The molecule has 3 N–H and O–H groups in total. The summed E-state index contributed by atoms with van der Waals surface area (Å²) in [6, 6.07) is 6.21. The van der Waals surface area contributed by atoms with Crippen molar-refractivity contribution in [3.63, 3.8) is 0 Å². The van der Waals surface area contributed by atoms with Gasteiger partial charge in [-0.05, 0) is 44.6 Å². The van der Waals surface area contributed by atoms with Gasteiger partial charge in [0, 0.05) is 41.3 Å². The molecule has 1 spiro atoms. The molecule has 0 aliphatic carbocycles. The second-order valence-electron chi connectivity index (χ2n) is 8.65. The summed E-state index contributed by atoms with van der Waals surface area (Å²) in [7, 11) is 2.15. The second-order valence-corrected chi connectivity index (χ2v) is 9.95. The van der Waals surface area contributed by atoms with E-state index < -0.39 is 5.60 Å². The zero-order valence-corrected chi connectivity index (χ0v) is 19.4. The number of aliphatic hydroxyl groups is 1. The van der Waals surface area contributed by atoms with Crippen LogP contribution in [-0.2, 0) is 11.0 Å². The van der Waals surface area contributed by atoms with E-state index in [2.05, 4.69) is 49.7 Å². The molecule has 5 rings (SSSR count). The van der Waals surface area contributed by atoms with Crippen molar-refractivity contribution in [3.05, 3.63) is 57.1 Å². The molecule has 0 bridgehead atoms. The van der Waals surface area contributed by atoms with E-state index in [0.29, 0.717) is 15.8 Å². The molecular weight excluding hydrogens is 444 g/mol. The van der Waals surface area contributed by atoms with Gasteiger partial charge in [-0.3, -0.25) is 0 Å². The minimum absolute atomic E-state index is 0.00847. The predicted octanol–water partition coefficient (Wildman–Crippen LogP) is 3.15. The van der Waals surface area contributed by atoms with Gasteiger partial charge in [-0.15, -0.1) is 11.3 Å². The molecule has 9 heteroatoms. The van der Waals surface area contributed by atoms with Crippen molar-refractivity contribution >= 4 is 40.4 Å². The van der Waals surface area contributed by atoms with Crippen LogP contribution in [0, 0.1) is 11.8 Å². The zero-order valence-electron chi connectivity index (χ0n) is 17.8. The van der Waals surface area contributed by atoms with E-state index in [-0.39, 0.29) is 11.4 Å². The summed E-state index contributed by atoms with van der Waals surface area (Å²) in [5.41, 5.74) is 7.63. The smallest absolute Gasteiger partial charge is 0.222 e. The molecule has 0 unspecified atom stereocenters. The lowest BCUT2D eigenvalue weighted by atomic mass is 9.81. The third-order valence-corrected chi connectivity index (χ3v) is 7.41. The van der Waals surface area contributed by atoms with Crippen LogP contribution in [-0.4, -0.2) is 51.6 Å². The van der Waals surface area contributed by atoms with Gasteiger partial charge in [-0.2, -0.15) is 4.98 Å². The summed E-state index contributed by atoms with van der Waals surface area (Å²) in [5.74, 6) is 6.88. The molecule has 2 aliphatic rings. The Labute approximate surface area is 195 Å². The van der Waals surface area contributed by atoms with Gasteiger partial charge in [0.05, 0.1) is 6.20 Å². The van der Waals surface area contributed by atoms with Crippen LogP contribution in [0.5, 0.6) is 0 Å². The van der Waals surface area contributed by atoms with Gasteiger partial charge in [0.25, 0.3) is 0 Å². The number of fused-ring (bicyclic) bond motifs is 2. The fraction of sp³-hybridized carbons (Fsp3) is 0.348. The molecule has 2 atom stereocenters. The number of hydrogen-bond acceptors (Lipinski definition) is 8. The number of aromatic nitrogens is 3. The van der Waals surface area contributed by atoms with Gasteiger partial charge >= 0.3 is 0 Å². The van der Waals surface area contributed by atoms with Gasteiger partial charge in [0.15, 0.2) is 11.4 Å². The molecular formula is C23H23ClN6OS. The Morgan fingerprint density at radius 3 is 2.88 bits per heavy atom. The Hall–Kier alpha value is -2.70. The van der Waals surface area contributed by atoms with E-state index in [4.69, 9.17) is 17.3 Å². The number of nitrogens with two attached hydrogens (primary N) is 1. The van der Waals surface area contributed by atoms with Crippen molar-refractivity contribution in [2.75, 3.05) is 37.3 Å². The van der Waals surface area contributed by atoms with Crippen molar-refractivity contribution < 1.29 is 5.11 Å². The first-order valence-electron chi connectivity index (χ1n) is 10.3. The van der Waals surface area contributed by atoms with Crippen molar-refractivity contribution in [1.82, 2.24) is 19.9 Å². The fourth-order valence-corrected chi connectivity index (χ4v) is 5.49. The zero-order chi connectivity index (χ0) is 22.5. The minimum atomic E-state index is -1.31. The van der Waals surface area contributed by atoms with Crippen molar-refractivity contribution in [2.45, 2.75) is 24.4 Å². The van der Waals surface area contributed by atoms with Crippen LogP contribution in [0.2, 0.25) is 5.02 Å². The maximum Gasteiger partial charge on any atom is 0.222 e. The topological polar surface area (TPSA) is 91.4 Å². The monoisotopic (exact) mass is 466 g/mol. The van der Waals surface area contributed by atoms with E-state index in [9.17, 15) is 5.11 Å². The number of nitrogen functional groups attached to an aromatic ring is 1. The SMILES string of the molecule is CN1CC[C@@]2(C1)CN(c1nc(N)ncc1Cl)c1cc(C#C[C@](C)(O)c3nccs3)ccc12. The first kappa shape index (κ1) is 21.2. The number of thiazole rings is 1. The van der Waals surface area contributed by atoms with Gasteiger partial charge in [0.1, 0.15) is 10.0 Å². The Kier molecular flexibility index (Phi) is 5.10. The van der Waals surface area contributed by atoms with Crippen LogP contribution in [0.3, 0.4) is 0 Å². The molecule has 1 saturated heterocycles. The number of hydrogen-bond donors (Lipinski definition) is 2. The maximum absolute atomic E-state index is 10.7. The lowest BCUT2D eigenvalue weighted by Gasteiger charge is -2.25. The van der Waals surface area contributed by atoms with E-state index in [1.165, 1.54) is 16.9 Å². The fourth-order valence-electron chi connectivity index (χ4n) is 4.64. The number of rotatable bonds is 2. The van der Waals surface area contributed by atoms with E-state index >= 15 is 0 Å². The normalized spacial score (nSPS) is 21.9. The molecule has 164 valence electrons. The third kappa shape index (κ3) is 3.61. The number of benzene rings is 1. The largest absolute Gasteiger partial charge is 0.371 e. The standard InChI is InChI=1S/C23H23ClN6OS/c1-22(31,20-26-8-10-32-20)6-5-15-3-4-16-18(11-15)30(14-23(16)7-9-29(2)13-23)19-17(24)12-27-21(25)28-19/h3-4,8,10-12,31H,7,9,13-14H2,1-2H3,(H2,25,27,28)/t22-,23+/m0/s1. The average Bonchev–Trinajstić information content (AvgIpc) is 3.49. The summed E-state index contributed by atoms with van der Waals surface area (Å²) >= 11 is 7.87. The molecule has 4 heterocycles. The molecule has 2 aromatic heterocycles. The van der Waals surface area contributed by atoms with Gasteiger partial charge in [-0.25, -0.2) is 9.97 Å². The molecule has 32 heavy (non-hydrogen) atoms. The van der Waals surface area contributed by atoms with E-state index in [1.807, 2.05) is 17.5 Å². The number of likely N-dealkylation sites (tertiary alicyclic amines) is 1. The lowest BCUT2D eigenvalue weighted by molar-refractivity contribution is 0.122. The highest BCUT2D eigenvalue weighted by Gasteiger charge is 2.47. The first-order chi connectivity index (χ1) is 15.3. The van der Waals surface area contributed by atoms with Crippen LogP contribution in [0.1, 0.15) is 29.5 Å². The van der Waals surface area contributed by atoms with E-state index in [1.54, 1.807) is 19.3 Å². The third-order valence-electron chi connectivity index (χ3n) is 6.16. The summed E-state index contributed by atoms with van der Waals surface area (Å²) < 4.78 is 0. The molecule has 7 nitrogen and oxygen atoms in total. The summed E-state index contributed by atoms with van der Waals surface area (Å²) in [6.07, 6.45) is 4.26. The van der Waals surface area contributed by atoms with Crippen molar-refractivity contribution in [2.24, 2.45) is 0 Å². The van der Waals surface area contributed by atoms with Crippen molar-refractivity contribution in [1.29, 1.82) is 0 Å². The molecule has 3 aromatic rings. The number of halogens is 1. The average molecular weight is 467 g/mol. The molecule has 0 amide bonds. The minimum Gasteiger partial charge on any atom is -0.371 e. The van der Waals surface area contributed by atoms with Crippen LogP contribution in [0.25, 0.3) is 0 Å². The highest BCUT2D eigenvalue weighted by atomic mass is 35.5.